The smallest absolute Gasteiger partial charge is 0.236 e. The molecule has 0 unspecified atom stereocenters. The number of hydrogen-bond acceptors (Lipinski definition) is 5. The van der Waals surface area contributed by atoms with Crippen molar-refractivity contribution in [2.75, 3.05) is 44.1 Å². The predicted octanol–water partition coefficient (Wildman–Crippen LogP) is 0.469. The van der Waals surface area contributed by atoms with E-state index in [0.717, 1.165) is 35.9 Å². The van der Waals surface area contributed by atoms with Crippen LogP contribution in [0, 0.1) is 13.8 Å². The predicted molar refractivity (Wildman–Crippen MR) is 85.9 cm³/mol. The molecule has 0 spiro atoms. The molecule has 0 aliphatic carbocycles. The molecular weight excluding hydrogens is 270 g/mol. The van der Waals surface area contributed by atoms with Gasteiger partial charge in [-0.25, -0.2) is 0 Å². The molecule has 1 rings (SSSR count). The molecule has 0 bridgehead atoms. The lowest BCUT2D eigenvalue weighted by Crippen LogP contribution is -2.32. The Kier molecular flexibility index (Phi) is 8.08. The van der Waals surface area contributed by atoms with Crippen LogP contribution in [0.2, 0.25) is 0 Å². The first kappa shape index (κ1) is 18.9. The summed E-state index contributed by atoms with van der Waals surface area (Å²) in [6.07, 6.45) is 0.857. The van der Waals surface area contributed by atoms with Crippen molar-refractivity contribution in [1.29, 1.82) is 0 Å². The SMILES string of the molecule is CO.Cc1cc(C)c(N(C)CC(N)=O)c(N(C)CC=O)c1. The summed E-state index contributed by atoms with van der Waals surface area (Å²) in [5.41, 5.74) is 9.26. The van der Waals surface area contributed by atoms with E-state index >= 15 is 0 Å². The number of aliphatic hydroxyl groups is 1. The van der Waals surface area contributed by atoms with E-state index < -0.39 is 0 Å². The molecule has 0 atom stereocenters. The van der Waals surface area contributed by atoms with Crippen molar-refractivity contribution < 1.29 is 14.7 Å². The van der Waals surface area contributed by atoms with Gasteiger partial charge in [-0.1, -0.05) is 6.07 Å². The number of aliphatic hydroxyl groups excluding tert-OH is 1. The largest absolute Gasteiger partial charge is 0.400 e. The number of nitrogens with two attached hydrogens (primary N) is 1. The summed E-state index contributed by atoms with van der Waals surface area (Å²) in [6, 6.07) is 4.05. The molecule has 0 saturated heterocycles. The summed E-state index contributed by atoms with van der Waals surface area (Å²) < 4.78 is 0. The van der Waals surface area contributed by atoms with Crippen molar-refractivity contribution in [3.8, 4) is 0 Å². The number of rotatable bonds is 6. The minimum absolute atomic E-state index is 0.145. The maximum absolute atomic E-state index is 11.1. The molecule has 118 valence electrons. The van der Waals surface area contributed by atoms with E-state index in [9.17, 15) is 9.59 Å². The van der Waals surface area contributed by atoms with Crippen LogP contribution in [0.15, 0.2) is 12.1 Å². The molecule has 0 radical (unpaired) electrons. The third-order valence-corrected chi connectivity index (χ3v) is 2.96. The van der Waals surface area contributed by atoms with E-state index in [1.54, 1.807) is 0 Å². The van der Waals surface area contributed by atoms with E-state index in [4.69, 9.17) is 10.8 Å². The van der Waals surface area contributed by atoms with Gasteiger partial charge in [0, 0.05) is 21.2 Å². The van der Waals surface area contributed by atoms with Crippen LogP contribution >= 0.6 is 0 Å². The lowest BCUT2D eigenvalue weighted by molar-refractivity contribution is -0.116. The van der Waals surface area contributed by atoms with Crippen molar-refractivity contribution in [1.82, 2.24) is 0 Å². The number of primary amides is 1. The molecular formula is C15H25N3O3. The van der Waals surface area contributed by atoms with Crippen molar-refractivity contribution in [3.05, 3.63) is 23.3 Å². The third-order valence-electron chi connectivity index (χ3n) is 2.96. The van der Waals surface area contributed by atoms with Gasteiger partial charge in [0.15, 0.2) is 0 Å². The molecule has 0 aliphatic heterocycles. The van der Waals surface area contributed by atoms with Gasteiger partial charge in [0.25, 0.3) is 0 Å². The Balaban J connectivity index is 0.00000191. The van der Waals surface area contributed by atoms with Crippen LogP contribution in [-0.2, 0) is 9.59 Å². The quantitative estimate of drug-likeness (QED) is 0.745. The average Bonchev–Trinajstić information content (AvgIpc) is 2.39. The Morgan fingerprint density at radius 3 is 2.29 bits per heavy atom. The van der Waals surface area contributed by atoms with Gasteiger partial charge in [0.05, 0.1) is 24.5 Å². The van der Waals surface area contributed by atoms with Crippen LogP contribution in [0.1, 0.15) is 11.1 Å². The fraction of sp³-hybridized carbons (Fsp3) is 0.467. The second-order valence-corrected chi connectivity index (χ2v) is 4.82. The van der Waals surface area contributed by atoms with Crippen LogP contribution in [0.4, 0.5) is 11.4 Å². The minimum atomic E-state index is -0.383. The number of nitrogens with zero attached hydrogens (tertiary/aromatic N) is 2. The number of amides is 1. The lowest BCUT2D eigenvalue weighted by Gasteiger charge is -2.28. The number of anilines is 2. The van der Waals surface area contributed by atoms with Gasteiger partial charge in [-0.2, -0.15) is 0 Å². The summed E-state index contributed by atoms with van der Waals surface area (Å²) in [5.74, 6) is -0.383. The van der Waals surface area contributed by atoms with Gasteiger partial charge in [-0.05, 0) is 31.0 Å². The molecule has 0 saturated carbocycles. The van der Waals surface area contributed by atoms with Crippen LogP contribution in [0.25, 0.3) is 0 Å². The van der Waals surface area contributed by atoms with E-state index in [1.165, 1.54) is 0 Å². The van der Waals surface area contributed by atoms with Gasteiger partial charge in [0.2, 0.25) is 5.91 Å². The Hall–Kier alpha value is -2.08. The van der Waals surface area contributed by atoms with E-state index in [-0.39, 0.29) is 12.5 Å². The number of benzene rings is 1. The second-order valence-electron chi connectivity index (χ2n) is 4.82. The molecule has 0 aliphatic rings. The highest BCUT2D eigenvalue weighted by Gasteiger charge is 2.15. The van der Waals surface area contributed by atoms with Gasteiger partial charge < -0.3 is 25.4 Å². The van der Waals surface area contributed by atoms with E-state index in [1.807, 2.05) is 49.9 Å². The first-order valence-corrected chi connectivity index (χ1v) is 6.57. The van der Waals surface area contributed by atoms with Crippen molar-refractivity contribution in [3.63, 3.8) is 0 Å². The van der Waals surface area contributed by atoms with E-state index in [0.29, 0.717) is 6.54 Å². The second kappa shape index (κ2) is 8.97. The molecule has 6 nitrogen and oxygen atoms in total. The zero-order chi connectivity index (χ0) is 16.6. The molecule has 1 amide bonds. The summed E-state index contributed by atoms with van der Waals surface area (Å²) in [4.78, 5) is 25.4. The van der Waals surface area contributed by atoms with Crippen LogP contribution in [0.5, 0.6) is 0 Å². The van der Waals surface area contributed by atoms with Gasteiger partial charge in [-0.3, -0.25) is 4.79 Å². The molecule has 0 heterocycles. The lowest BCUT2D eigenvalue weighted by atomic mass is 10.1. The molecule has 0 aromatic heterocycles. The summed E-state index contributed by atoms with van der Waals surface area (Å²) in [6.45, 7) is 4.44. The highest BCUT2D eigenvalue weighted by atomic mass is 16.2. The fourth-order valence-electron chi connectivity index (χ4n) is 2.25. The number of carbonyl (C=O) groups excluding carboxylic acids is 2. The van der Waals surface area contributed by atoms with Crippen LogP contribution < -0.4 is 15.5 Å². The molecule has 3 N–H and O–H groups in total. The first-order chi connectivity index (χ1) is 9.86. The number of hydrogen-bond donors (Lipinski definition) is 2. The highest BCUT2D eigenvalue weighted by molar-refractivity contribution is 5.84. The molecule has 1 aromatic rings. The Morgan fingerprint density at radius 2 is 1.81 bits per heavy atom. The highest BCUT2D eigenvalue weighted by Crippen LogP contribution is 2.32. The zero-order valence-electron chi connectivity index (χ0n) is 13.4. The maximum Gasteiger partial charge on any atom is 0.236 e. The average molecular weight is 295 g/mol. The molecule has 1 aromatic carbocycles. The Labute approximate surface area is 126 Å². The van der Waals surface area contributed by atoms with Crippen molar-refractivity contribution in [2.24, 2.45) is 5.73 Å². The monoisotopic (exact) mass is 295 g/mol. The van der Waals surface area contributed by atoms with Crippen LogP contribution in [0.3, 0.4) is 0 Å². The minimum Gasteiger partial charge on any atom is -0.400 e. The number of aryl methyl sites for hydroxylation is 2. The molecule has 21 heavy (non-hydrogen) atoms. The fourth-order valence-corrected chi connectivity index (χ4v) is 2.25. The van der Waals surface area contributed by atoms with E-state index in [2.05, 4.69) is 0 Å². The van der Waals surface area contributed by atoms with Crippen molar-refractivity contribution in [2.45, 2.75) is 13.8 Å². The Morgan fingerprint density at radius 1 is 1.24 bits per heavy atom. The van der Waals surface area contributed by atoms with Gasteiger partial charge in [-0.15, -0.1) is 0 Å². The van der Waals surface area contributed by atoms with Gasteiger partial charge in [0.1, 0.15) is 6.29 Å². The standard InChI is InChI=1S/C14H21N3O2.CH4O/c1-10-7-11(2)14(17(4)9-13(15)19)12(8-10)16(3)5-6-18;1-2/h6-8H,5,9H2,1-4H3,(H2,15,19);2H,1H3. The maximum atomic E-state index is 11.1. The number of likely N-dealkylation sites (N-methyl/N-ethyl adjacent to an activating group) is 2. The van der Waals surface area contributed by atoms with Crippen LogP contribution in [-0.4, -0.2) is 51.6 Å². The third kappa shape index (κ3) is 5.43. The first-order valence-electron chi connectivity index (χ1n) is 6.57. The molecule has 6 heteroatoms. The summed E-state index contributed by atoms with van der Waals surface area (Å²) >= 11 is 0. The van der Waals surface area contributed by atoms with Crippen molar-refractivity contribution >= 4 is 23.6 Å². The summed E-state index contributed by atoms with van der Waals surface area (Å²) in [7, 11) is 4.67. The Bertz CT molecular complexity index is 489. The number of carbonyl (C=O) groups is 2. The topological polar surface area (TPSA) is 86.9 Å². The zero-order valence-corrected chi connectivity index (χ0v) is 13.4. The van der Waals surface area contributed by atoms with Gasteiger partial charge >= 0.3 is 0 Å². The number of aldehydes is 1. The summed E-state index contributed by atoms with van der Waals surface area (Å²) in [5, 5.41) is 7.00. The molecule has 0 fully saturated rings. The normalized spacial score (nSPS) is 9.43.